The number of benzene rings is 2. The van der Waals surface area contributed by atoms with Crippen LogP contribution in [0.5, 0.6) is 0 Å². The van der Waals surface area contributed by atoms with Crippen molar-refractivity contribution in [1.29, 1.82) is 0 Å². The predicted molar refractivity (Wildman–Crippen MR) is 103 cm³/mol. The van der Waals surface area contributed by atoms with Gasteiger partial charge in [-0.15, -0.1) is 10.2 Å². The van der Waals surface area contributed by atoms with Gasteiger partial charge in [0.05, 0.1) is 12.1 Å². The average molecular weight is 344 g/mol. The van der Waals surface area contributed by atoms with Gasteiger partial charge in [0.1, 0.15) is 12.1 Å². The molecular formula is C20H20N6. The minimum Gasteiger partial charge on any atom is -0.362 e. The summed E-state index contributed by atoms with van der Waals surface area (Å²) in [6.45, 7) is 4.77. The molecule has 0 amide bonds. The van der Waals surface area contributed by atoms with E-state index >= 15 is 0 Å². The van der Waals surface area contributed by atoms with Crippen LogP contribution in [0.3, 0.4) is 0 Å². The number of hydrogen-bond acceptors (Lipinski definition) is 5. The summed E-state index contributed by atoms with van der Waals surface area (Å²) < 4.78 is 2.05. The first-order valence-corrected chi connectivity index (χ1v) is 8.67. The molecule has 2 aromatic heterocycles. The summed E-state index contributed by atoms with van der Waals surface area (Å²) in [6, 6.07) is 18.3. The van der Waals surface area contributed by atoms with Gasteiger partial charge in [0.25, 0.3) is 0 Å². The molecule has 2 heterocycles. The molecule has 2 aromatic carbocycles. The van der Waals surface area contributed by atoms with Crippen LogP contribution in [0.15, 0.2) is 60.9 Å². The molecule has 0 saturated carbocycles. The van der Waals surface area contributed by atoms with Gasteiger partial charge in [0.15, 0.2) is 11.6 Å². The van der Waals surface area contributed by atoms with E-state index in [-0.39, 0.29) is 0 Å². The van der Waals surface area contributed by atoms with Crippen LogP contribution in [0, 0.1) is 0 Å². The number of hydrogen-bond donors (Lipinski definition) is 1. The van der Waals surface area contributed by atoms with Gasteiger partial charge in [-0.2, -0.15) is 0 Å². The van der Waals surface area contributed by atoms with E-state index in [1.165, 1.54) is 0 Å². The smallest absolute Gasteiger partial charge is 0.162 e. The summed E-state index contributed by atoms with van der Waals surface area (Å²) in [7, 11) is 0. The number of anilines is 1. The zero-order valence-electron chi connectivity index (χ0n) is 14.8. The van der Waals surface area contributed by atoms with Gasteiger partial charge in [-0.3, -0.25) is 0 Å². The Hall–Kier alpha value is -3.28. The number of para-hydroxylation sites is 1. The van der Waals surface area contributed by atoms with Gasteiger partial charge in [-0.25, -0.2) is 9.97 Å². The molecule has 1 N–H and O–H groups in total. The quantitative estimate of drug-likeness (QED) is 0.591. The zero-order chi connectivity index (χ0) is 17.9. The Balaban J connectivity index is 1.72. The highest BCUT2D eigenvalue weighted by atomic mass is 15.3. The molecule has 0 saturated heterocycles. The second-order valence-electron chi connectivity index (χ2n) is 6.38. The molecule has 130 valence electrons. The van der Waals surface area contributed by atoms with Crippen molar-refractivity contribution in [1.82, 2.24) is 24.7 Å². The molecule has 0 unspecified atom stereocenters. The molecule has 4 rings (SSSR count). The lowest BCUT2D eigenvalue weighted by atomic mass is 10.2. The van der Waals surface area contributed by atoms with Crippen LogP contribution < -0.4 is 5.32 Å². The molecule has 6 heteroatoms. The Morgan fingerprint density at radius 3 is 2.54 bits per heavy atom. The van der Waals surface area contributed by atoms with Crippen molar-refractivity contribution in [2.45, 2.75) is 26.4 Å². The van der Waals surface area contributed by atoms with E-state index < -0.39 is 0 Å². The monoisotopic (exact) mass is 344 g/mol. The van der Waals surface area contributed by atoms with Crippen LogP contribution in [0.2, 0.25) is 0 Å². The third-order valence-corrected chi connectivity index (χ3v) is 4.25. The highest BCUT2D eigenvalue weighted by Gasteiger charge is 2.11. The molecule has 0 aliphatic carbocycles. The number of nitrogens with one attached hydrogen (secondary N) is 1. The highest BCUT2D eigenvalue weighted by molar-refractivity contribution is 5.90. The van der Waals surface area contributed by atoms with Crippen LogP contribution in [-0.2, 0) is 6.54 Å². The van der Waals surface area contributed by atoms with Gasteiger partial charge >= 0.3 is 0 Å². The Morgan fingerprint density at radius 2 is 1.73 bits per heavy atom. The first-order chi connectivity index (χ1) is 12.7. The Kier molecular flexibility index (Phi) is 4.31. The lowest BCUT2D eigenvalue weighted by molar-refractivity contribution is 0.572. The van der Waals surface area contributed by atoms with E-state index in [1.807, 2.05) is 54.6 Å². The van der Waals surface area contributed by atoms with Crippen LogP contribution in [0.4, 0.5) is 5.82 Å². The normalized spacial score (nSPS) is 11.2. The van der Waals surface area contributed by atoms with E-state index in [4.69, 9.17) is 9.97 Å². The third kappa shape index (κ3) is 3.13. The lowest BCUT2D eigenvalue weighted by Gasteiger charge is -2.13. The first kappa shape index (κ1) is 16.2. The minimum absolute atomic E-state index is 0.309. The largest absolute Gasteiger partial charge is 0.362 e. The fraction of sp³-hybridized carbons (Fsp3) is 0.200. The van der Waals surface area contributed by atoms with E-state index in [0.717, 1.165) is 28.1 Å². The number of nitrogens with zero attached hydrogens (tertiary/aromatic N) is 5. The maximum absolute atomic E-state index is 4.77. The van der Waals surface area contributed by atoms with Crippen molar-refractivity contribution < 1.29 is 0 Å². The second-order valence-corrected chi connectivity index (χ2v) is 6.38. The Bertz CT molecular complexity index is 1020. The molecule has 0 aliphatic rings. The molecule has 0 aliphatic heterocycles. The van der Waals surface area contributed by atoms with Crippen molar-refractivity contribution in [2.75, 3.05) is 5.32 Å². The van der Waals surface area contributed by atoms with Gasteiger partial charge in [0, 0.05) is 17.0 Å². The SMILES string of the molecule is CC(C)n1cnnc1CNc1nc(-c2ccccc2)nc2ccccc12. The molecule has 6 nitrogen and oxygen atoms in total. The molecule has 4 aromatic rings. The first-order valence-electron chi connectivity index (χ1n) is 8.67. The number of aromatic nitrogens is 5. The van der Waals surface area contributed by atoms with E-state index in [9.17, 15) is 0 Å². The summed E-state index contributed by atoms with van der Waals surface area (Å²) in [5.41, 5.74) is 1.90. The summed E-state index contributed by atoms with van der Waals surface area (Å²) >= 11 is 0. The van der Waals surface area contributed by atoms with Crippen molar-refractivity contribution in [3.8, 4) is 11.4 Å². The lowest BCUT2D eigenvalue weighted by Crippen LogP contribution is -2.11. The Labute approximate surface area is 152 Å². The van der Waals surface area contributed by atoms with Crippen molar-refractivity contribution in [3.63, 3.8) is 0 Å². The number of rotatable bonds is 5. The molecular weight excluding hydrogens is 324 g/mol. The van der Waals surface area contributed by atoms with Crippen LogP contribution in [0.25, 0.3) is 22.3 Å². The summed E-state index contributed by atoms with van der Waals surface area (Å²) in [4.78, 5) is 9.48. The van der Waals surface area contributed by atoms with Crippen molar-refractivity contribution >= 4 is 16.7 Å². The minimum atomic E-state index is 0.309. The standard InChI is InChI=1S/C20H20N6/c1-14(2)26-13-22-25-18(26)12-21-20-16-10-6-7-11-17(16)23-19(24-20)15-8-4-3-5-9-15/h3-11,13-14H,12H2,1-2H3,(H,21,23,24). The Morgan fingerprint density at radius 1 is 0.962 bits per heavy atom. The topological polar surface area (TPSA) is 68.5 Å². The average Bonchev–Trinajstić information content (AvgIpc) is 3.15. The van der Waals surface area contributed by atoms with Gasteiger partial charge in [0.2, 0.25) is 0 Å². The maximum Gasteiger partial charge on any atom is 0.162 e. The van der Waals surface area contributed by atoms with Crippen LogP contribution in [0.1, 0.15) is 25.7 Å². The summed E-state index contributed by atoms with van der Waals surface area (Å²) in [6.07, 6.45) is 1.76. The molecule has 0 bridgehead atoms. The summed E-state index contributed by atoms with van der Waals surface area (Å²) in [5, 5.41) is 12.7. The van der Waals surface area contributed by atoms with E-state index in [1.54, 1.807) is 6.33 Å². The van der Waals surface area contributed by atoms with E-state index in [0.29, 0.717) is 18.4 Å². The van der Waals surface area contributed by atoms with Gasteiger partial charge in [-0.1, -0.05) is 42.5 Å². The zero-order valence-corrected chi connectivity index (χ0v) is 14.8. The fourth-order valence-electron chi connectivity index (χ4n) is 2.91. The van der Waals surface area contributed by atoms with Crippen molar-refractivity contribution in [3.05, 3.63) is 66.7 Å². The molecule has 0 atom stereocenters. The van der Waals surface area contributed by atoms with Crippen molar-refractivity contribution in [2.24, 2.45) is 0 Å². The fourth-order valence-corrected chi connectivity index (χ4v) is 2.91. The number of fused-ring (bicyclic) bond motifs is 1. The molecule has 0 spiro atoms. The molecule has 0 radical (unpaired) electrons. The third-order valence-electron chi connectivity index (χ3n) is 4.25. The molecule has 0 fully saturated rings. The highest BCUT2D eigenvalue weighted by Crippen LogP contribution is 2.25. The van der Waals surface area contributed by atoms with E-state index in [2.05, 4.69) is 33.9 Å². The molecule has 26 heavy (non-hydrogen) atoms. The van der Waals surface area contributed by atoms with Crippen LogP contribution in [-0.4, -0.2) is 24.7 Å². The summed E-state index contributed by atoms with van der Waals surface area (Å²) in [5.74, 6) is 2.38. The predicted octanol–water partition coefficient (Wildman–Crippen LogP) is 4.08. The maximum atomic E-state index is 4.77. The second kappa shape index (κ2) is 6.92. The van der Waals surface area contributed by atoms with Gasteiger partial charge in [-0.05, 0) is 26.0 Å². The van der Waals surface area contributed by atoms with Crippen LogP contribution >= 0.6 is 0 Å². The van der Waals surface area contributed by atoms with Gasteiger partial charge < -0.3 is 9.88 Å².